The molecule has 8 heteroatoms. The highest BCUT2D eigenvalue weighted by Crippen LogP contribution is 2.45. The first-order valence-electron chi connectivity index (χ1n) is 11.1. The molecule has 1 aromatic heterocycles. The molecule has 0 bridgehead atoms. The minimum absolute atomic E-state index is 0.0902. The van der Waals surface area contributed by atoms with Crippen molar-refractivity contribution >= 4 is 28.2 Å². The predicted molar refractivity (Wildman–Crippen MR) is 129 cm³/mol. The van der Waals surface area contributed by atoms with Gasteiger partial charge in [0.05, 0.1) is 17.8 Å². The van der Waals surface area contributed by atoms with Crippen LogP contribution in [0.3, 0.4) is 0 Å². The maximum absolute atomic E-state index is 14.3. The third-order valence-corrected chi connectivity index (χ3v) is 5.88. The molecule has 3 aromatic carbocycles. The van der Waals surface area contributed by atoms with Gasteiger partial charge in [0.1, 0.15) is 0 Å². The third-order valence-electron chi connectivity index (χ3n) is 5.88. The van der Waals surface area contributed by atoms with Crippen LogP contribution in [0.5, 0.6) is 0 Å². The van der Waals surface area contributed by atoms with Crippen molar-refractivity contribution in [1.82, 2.24) is 4.57 Å². The van der Waals surface area contributed by atoms with Crippen LogP contribution in [0.2, 0.25) is 0 Å². The number of carbonyl (C=O) groups is 1. The predicted octanol–water partition coefficient (Wildman–Crippen LogP) is 6.05. The Bertz CT molecular complexity index is 1350. The summed E-state index contributed by atoms with van der Waals surface area (Å²) in [5.74, 6) is -1.76. The Balaban J connectivity index is 1.97. The monoisotopic (exact) mass is 482 g/mol. The Morgan fingerprint density at radius 2 is 1.63 bits per heavy atom. The Kier molecular flexibility index (Phi) is 6.58. The van der Waals surface area contributed by atoms with Crippen LogP contribution >= 0.6 is 0 Å². The van der Waals surface area contributed by atoms with Crippen molar-refractivity contribution in [2.75, 3.05) is 11.9 Å². The molecule has 1 atom stereocenters. The third kappa shape index (κ3) is 4.49. The molecule has 0 aliphatic heterocycles. The number of aryl methyl sites for hydroxylation is 1. The van der Waals surface area contributed by atoms with E-state index < -0.39 is 23.3 Å². The van der Waals surface area contributed by atoms with E-state index in [-0.39, 0.29) is 18.5 Å². The number of ether oxygens (including phenoxy) is 1. The minimum Gasteiger partial charge on any atom is -0.463 e. The standard InChI is InChI=1S/C27H25F3N2O3/c1-3-35-25(33)26(34,27(28,29)30)21-17-32(16-19-11-5-4-6-12-19)24-20(21)13-9-15-23(24)31-22-14-8-7-10-18(22)2/h4-15,17,31,34H,3,16H2,1-2H3. The molecule has 0 spiro atoms. The molecule has 1 heterocycles. The van der Waals surface area contributed by atoms with E-state index in [0.717, 1.165) is 16.8 Å². The fourth-order valence-electron chi connectivity index (χ4n) is 4.13. The molecule has 0 saturated carbocycles. The van der Waals surface area contributed by atoms with E-state index in [0.29, 0.717) is 11.2 Å². The second-order valence-corrected chi connectivity index (χ2v) is 8.23. The summed E-state index contributed by atoms with van der Waals surface area (Å²) in [7, 11) is 0. The van der Waals surface area contributed by atoms with E-state index in [1.165, 1.54) is 19.2 Å². The molecule has 4 aromatic rings. The van der Waals surface area contributed by atoms with Crippen LogP contribution in [-0.4, -0.2) is 28.4 Å². The maximum atomic E-state index is 14.3. The second kappa shape index (κ2) is 9.46. The fraction of sp³-hybridized carbons (Fsp3) is 0.222. The average molecular weight is 483 g/mol. The van der Waals surface area contributed by atoms with E-state index >= 15 is 0 Å². The number of hydrogen-bond acceptors (Lipinski definition) is 4. The first kappa shape index (κ1) is 24.3. The lowest BCUT2D eigenvalue weighted by molar-refractivity contribution is -0.267. The van der Waals surface area contributed by atoms with E-state index in [1.807, 2.05) is 61.5 Å². The van der Waals surface area contributed by atoms with Gasteiger partial charge in [0.25, 0.3) is 5.60 Å². The number of nitrogens with one attached hydrogen (secondary N) is 1. The van der Waals surface area contributed by atoms with Gasteiger partial charge in [-0.15, -0.1) is 0 Å². The summed E-state index contributed by atoms with van der Waals surface area (Å²) < 4.78 is 49.0. The molecule has 0 fully saturated rings. The lowest BCUT2D eigenvalue weighted by Gasteiger charge is -2.27. The first-order valence-corrected chi connectivity index (χ1v) is 11.1. The summed E-state index contributed by atoms with van der Waals surface area (Å²) in [6.07, 6.45) is -4.12. The quantitative estimate of drug-likeness (QED) is 0.315. The van der Waals surface area contributed by atoms with Gasteiger partial charge in [-0.1, -0.05) is 60.7 Å². The van der Waals surface area contributed by atoms with Gasteiger partial charge in [0.15, 0.2) is 0 Å². The van der Waals surface area contributed by atoms with Crippen molar-refractivity contribution in [3.05, 3.63) is 95.7 Å². The van der Waals surface area contributed by atoms with E-state index in [4.69, 9.17) is 0 Å². The van der Waals surface area contributed by atoms with Gasteiger partial charge in [-0.25, -0.2) is 4.79 Å². The van der Waals surface area contributed by atoms with Crippen LogP contribution in [-0.2, 0) is 21.7 Å². The summed E-state index contributed by atoms with van der Waals surface area (Å²) in [4.78, 5) is 12.5. The van der Waals surface area contributed by atoms with Crippen LogP contribution < -0.4 is 5.32 Å². The highest BCUT2D eigenvalue weighted by Gasteiger charge is 2.63. The second-order valence-electron chi connectivity index (χ2n) is 8.23. The molecular formula is C27H25F3N2O3. The highest BCUT2D eigenvalue weighted by molar-refractivity contribution is 5.99. The van der Waals surface area contributed by atoms with Crippen LogP contribution in [0, 0.1) is 6.92 Å². The molecule has 2 N–H and O–H groups in total. The molecule has 0 amide bonds. The molecule has 1 unspecified atom stereocenters. The summed E-state index contributed by atoms with van der Waals surface area (Å²) in [5, 5.41) is 14.3. The number of alkyl halides is 3. The van der Waals surface area contributed by atoms with Gasteiger partial charge >= 0.3 is 12.1 Å². The lowest BCUT2D eigenvalue weighted by Crippen LogP contribution is -2.50. The number of aliphatic hydroxyl groups is 1. The molecular weight excluding hydrogens is 457 g/mol. The van der Waals surface area contributed by atoms with Crippen molar-refractivity contribution in [2.24, 2.45) is 0 Å². The normalized spacial score (nSPS) is 13.4. The molecule has 35 heavy (non-hydrogen) atoms. The number of benzene rings is 3. The van der Waals surface area contributed by atoms with Gasteiger partial charge in [-0.3, -0.25) is 0 Å². The molecule has 0 aliphatic rings. The van der Waals surface area contributed by atoms with Crippen LogP contribution in [0.4, 0.5) is 24.5 Å². The molecule has 4 rings (SSSR count). The number of halogens is 3. The van der Waals surface area contributed by atoms with Crippen LogP contribution in [0.1, 0.15) is 23.6 Å². The van der Waals surface area contributed by atoms with Crippen LogP contribution in [0.15, 0.2) is 79.0 Å². The smallest absolute Gasteiger partial charge is 0.432 e. The number of hydrogen-bond donors (Lipinski definition) is 2. The zero-order valence-electron chi connectivity index (χ0n) is 19.3. The highest BCUT2D eigenvalue weighted by atomic mass is 19.4. The number of anilines is 2. The molecule has 0 aliphatic carbocycles. The summed E-state index contributed by atoms with van der Waals surface area (Å²) >= 11 is 0. The summed E-state index contributed by atoms with van der Waals surface area (Å²) in [6, 6.07) is 21.5. The number of carbonyl (C=O) groups excluding carboxylic acids is 1. The van der Waals surface area contributed by atoms with Crippen molar-refractivity contribution in [2.45, 2.75) is 32.2 Å². The fourth-order valence-corrected chi connectivity index (χ4v) is 4.13. The lowest BCUT2D eigenvalue weighted by atomic mass is 9.92. The number of para-hydroxylation sites is 2. The Labute approximate surface area is 200 Å². The largest absolute Gasteiger partial charge is 0.463 e. The van der Waals surface area contributed by atoms with Gasteiger partial charge < -0.3 is 19.7 Å². The van der Waals surface area contributed by atoms with E-state index in [9.17, 15) is 23.1 Å². The first-order chi connectivity index (χ1) is 16.7. The molecule has 0 radical (unpaired) electrons. The zero-order valence-corrected chi connectivity index (χ0v) is 19.3. The zero-order chi connectivity index (χ0) is 25.2. The average Bonchev–Trinajstić information content (AvgIpc) is 3.19. The van der Waals surface area contributed by atoms with Crippen molar-refractivity contribution in [3.8, 4) is 0 Å². The maximum Gasteiger partial charge on any atom is 0.432 e. The van der Waals surface area contributed by atoms with Crippen LogP contribution in [0.25, 0.3) is 10.9 Å². The minimum atomic E-state index is -5.30. The van der Waals surface area contributed by atoms with Gasteiger partial charge in [-0.05, 0) is 37.1 Å². The number of fused-ring (bicyclic) bond motifs is 1. The topological polar surface area (TPSA) is 63.5 Å². The SMILES string of the molecule is CCOC(=O)C(O)(c1cn(Cc2ccccc2)c2c(Nc3ccccc3C)cccc12)C(F)(F)F. The van der Waals surface area contributed by atoms with E-state index in [1.54, 1.807) is 16.7 Å². The van der Waals surface area contributed by atoms with Crippen molar-refractivity contribution in [3.63, 3.8) is 0 Å². The number of esters is 1. The van der Waals surface area contributed by atoms with Crippen molar-refractivity contribution < 1.29 is 27.8 Å². The van der Waals surface area contributed by atoms with Gasteiger partial charge in [0, 0.05) is 29.4 Å². The Morgan fingerprint density at radius 1 is 0.971 bits per heavy atom. The van der Waals surface area contributed by atoms with Crippen molar-refractivity contribution in [1.29, 1.82) is 0 Å². The molecule has 5 nitrogen and oxygen atoms in total. The summed E-state index contributed by atoms with van der Waals surface area (Å²) in [6.45, 7) is 3.22. The Morgan fingerprint density at radius 3 is 2.29 bits per heavy atom. The van der Waals surface area contributed by atoms with Gasteiger partial charge in [0.2, 0.25) is 0 Å². The van der Waals surface area contributed by atoms with Gasteiger partial charge in [-0.2, -0.15) is 13.2 Å². The number of rotatable bonds is 7. The molecule has 182 valence electrons. The Hall–Kier alpha value is -3.78. The molecule has 0 saturated heterocycles. The van der Waals surface area contributed by atoms with E-state index in [2.05, 4.69) is 10.1 Å². The number of aromatic nitrogens is 1. The number of nitrogens with zero attached hydrogens (tertiary/aromatic N) is 1. The summed E-state index contributed by atoms with van der Waals surface area (Å²) in [5.41, 5.74) is -0.885.